The van der Waals surface area contributed by atoms with Crippen molar-refractivity contribution in [2.45, 2.75) is 32.1 Å². The molecule has 2 N–H and O–H groups in total. The monoisotopic (exact) mass is 260 g/mol. The summed E-state index contributed by atoms with van der Waals surface area (Å²) in [5.74, 6) is 1.56. The van der Waals surface area contributed by atoms with Crippen LogP contribution >= 0.6 is 0 Å². The van der Waals surface area contributed by atoms with E-state index in [9.17, 15) is 0 Å². The van der Waals surface area contributed by atoms with Crippen LogP contribution in [-0.4, -0.2) is 14.2 Å². The zero-order valence-electron chi connectivity index (χ0n) is 12.1. The maximum absolute atomic E-state index is 7.32. The highest BCUT2D eigenvalue weighted by Gasteiger charge is 2.10. The zero-order valence-corrected chi connectivity index (χ0v) is 12.1. The van der Waals surface area contributed by atoms with E-state index < -0.39 is 0 Å². The Kier molecular flexibility index (Phi) is 10.2. The molecular formula is C16H24N2O. The molecule has 1 aliphatic rings. The van der Waals surface area contributed by atoms with E-state index in [1.807, 2.05) is 6.07 Å². The molecule has 1 aromatic rings. The van der Waals surface area contributed by atoms with Crippen molar-refractivity contribution in [2.24, 2.45) is 5.73 Å². The summed E-state index contributed by atoms with van der Waals surface area (Å²) in [4.78, 5) is 0. The molecular weight excluding hydrogens is 236 g/mol. The van der Waals surface area contributed by atoms with Crippen LogP contribution in [0, 0.1) is 11.3 Å². The zero-order chi connectivity index (χ0) is 14.5. The number of nitrogens with zero attached hydrogens (tertiary/aromatic N) is 1. The predicted octanol–water partition coefficient (Wildman–Crippen LogP) is 3.62. The average Bonchev–Trinajstić information content (AvgIpc) is 2.51. The normalized spacial score (nSPS) is 16.1. The van der Waals surface area contributed by atoms with E-state index in [0.717, 1.165) is 5.75 Å². The number of nitriles is 1. The van der Waals surface area contributed by atoms with Gasteiger partial charge in [0.25, 0.3) is 0 Å². The lowest BCUT2D eigenvalue weighted by Crippen LogP contribution is -1.99. The van der Waals surface area contributed by atoms with Crippen LogP contribution in [0.1, 0.15) is 37.7 Å². The highest BCUT2D eigenvalue weighted by atomic mass is 16.5. The van der Waals surface area contributed by atoms with Gasteiger partial charge in [0.05, 0.1) is 13.2 Å². The van der Waals surface area contributed by atoms with E-state index in [2.05, 4.69) is 36.1 Å². The van der Waals surface area contributed by atoms with Crippen molar-refractivity contribution in [3.05, 3.63) is 42.0 Å². The third-order valence-electron chi connectivity index (χ3n) is 2.78. The lowest BCUT2D eigenvalue weighted by molar-refractivity contribution is 0.414. The third-order valence-corrected chi connectivity index (χ3v) is 2.78. The van der Waals surface area contributed by atoms with E-state index >= 15 is 0 Å². The second kappa shape index (κ2) is 11.3. The average molecular weight is 260 g/mol. The molecule has 0 saturated heterocycles. The van der Waals surface area contributed by atoms with E-state index in [1.54, 1.807) is 13.2 Å². The summed E-state index contributed by atoms with van der Waals surface area (Å²) < 4.78 is 5.22. The molecule has 0 aliphatic heterocycles. The number of methoxy groups -OCH3 is 1. The summed E-state index contributed by atoms with van der Waals surface area (Å²) >= 11 is 0. The maximum atomic E-state index is 7.32. The first kappa shape index (κ1) is 17.2. The molecule has 0 spiro atoms. The predicted molar refractivity (Wildman–Crippen MR) is 80.1 cm³/mol. The molecule has 0 amide bonds. The standard InChI is InChI=1S/C13H16O.C2H3N.CH5N/c1-14-13-9-5-8-12(10-13)11-6-3-2-4-7-11;1-2-3;1-2/h3,5-6,8-11H,2,4,7H2,1H3;1H3;2H2,1H3. The Morgan fingerprint density at radius 2 is 2.05 bits per heavy atom. The number of allylic oxidation sites excluding steroid dienone is 2. The summed E-state index contributed by atoms with van der Waals surface area (Å²) in [6.07, 6.45) is 8.41. The van der Waals surface area contributed by atoms with Crippen molar-refractivity contribution in [2.75, 3.05) is 14.2 Å². The van der Waals surface area contributed by atoms with Gasteiger partial charge in [-0.25, -0.2) is 0 Å². The van der Waals surface area contributed by atoms with Gasteiger partial charge in [-0.1, -0.05) is 24.3 Å². The molecule has 0 fully saturated rings. The minimum absolute atomic E-state index is 0.596. The molecule has 1 aliphatic carbocycles. The Labute approximate surface area is 116 Å². The summed E-state index contributed by atoms with van der Waals surface area (Å²) in [6.45, 7) is 1.43. The molecule has 0 heterocycles. The van der Waals surface area contributed by atoms with Crippen molar-refractivity contribution in [3.8, 4) is 11.8 Å². The third kappa shape index (κ3) is 6.64. The molecule has 1 aromatic carbocycles. The second-order valence-corrected chi connectivity index (χ2v) is 3.97. The van der Waals surface area contributed by atoms with Gasteiger partial charge in [-0.05, 0) is 44.0 Å². The molecule has 0 radical (unpaired) electrons. The first-order valence-electron chi connectivity index (χ1n) is 6.51. The Bertz CT molecular complexity index is 407. The minimum atomic E-state index is 0.596. The molecule has 0 bridgehead atoms. The van der Waals surface area contributed by atoms with Crippen LogP contribution in [0.5, 0.6) is 5.75 Å². The summed E-state index contributed by atoms with van der Waals surface area (Å²) in [5, 5.41) is 7.32. The lowest BCUT2D eigenvalue weighted by Gasteiger charge is -2.17. The minimum Gasteiger partial charge on any atom is -0.497 e. The largest absolute Gasteiger partial charge is 0.497 e. The van der Waals surface area contributed by atoms with Crippen LogP contribution in [0.25, 0.3) is 0 Å². The van der Waals surface area contributed by atoms with Crippen molar-refractivity contribution in [1.82, 2.24) is 0 Å². The number of hydrogen-bond donors (Lipinski definition) is 1. The van der Waals surface area contributed by atoms with Crippen molar-refractivity contribution in [1.29, 1.82) is 5.26 Å². The highest BCUT2D eigenvalue weighted by molar-refractivity contribution is 5.33. The van der Waals surface area contributed by atoms with Gasteiger partial charge in [-0.2, -0.15) is 5.26 Å². The SMILES string of the molecule is CC#N.CN.COc1cccc(C2C=CCCC2)c1. The fourth-order valence-corrected chi connectivity index (χ4v) is 1.96. The number of ether oxygens (including phenoxy) is 1. The second-order valence-electron chi connectivity index (χ2n) is 3.97. The number of nitrogens with two attached hydrogens (primary N) is 1. The fourth-order valence-electron chi connectivity index (χ4n) is 1.96. The van der Waals surface area contributed by atoms with Crippen LogP contribution in [0.3, 0.4) is 0 Å². The summed E-state index contributed by atoms with van der Waals surface area (Å²) in [5.41, 5.74) is 5.88. The van der Waals surface area contributed by atoms with Crippen LogP contribution in [0.15, 0.2) is 36.4 Å². The van der Waals surface area contributed by atoms with Crippen molar-refractivity contribution in [3.63, 3.8) is 0 Å². The van der Waals surface area contributed by atoms with Crippen LogP contribution in [0.2, 0.25) is 0 Å². The quantitative estimate of drug-likeness (QED) is 0.826. The molecule has 2 rings (SSSR count). The van der Waals surface area contributed by atoms with Gasteiger partial charge in [0.15, 0.2) is 0 Å². The smallest absolute Gasteiger partial charge is 0.119 e. The lowest BCUT2D eigenvalue weighted by atomic mass is 9.89. The Balaban J connectivity index is 0.000000573. The topological polar surface area (TPSA) is 59.0 Å². The van der Waals surface area contributed by atoms with Crippen molar-refractivity contribution >= 4 is 0 Å². The molecule has 3 heteroatoms. The van der Waals surface area contributed by atoms with Crippen LogP contribution in [-0.2, 0) is 0 Å². The van der Waals surface area contributed by atoms with Gasteiger partial charge in [-0.15, -0.1) is 0 Å². The summed E-state index contributed by atoms with van der Waals surface area (Å²) in [7, 11) is 3.22. The van der Waals surface area contributed by atoms with Gasteiger partial charge >= 0.3 is 0 Å². The van der Waals surface area contributed by atoms with E-state index in [1.165, 1.54) is 38.8 Å². The van der Waals surface area contributed by atoms with E-state index in [-0.39, 0.29) is 0 Å². The van der Waals surface area contributed by atoms with Crippen LogP contribution < -0.4 is 10.5 Å². The Hall–Kier alpha value is -1.79. The van der Waals surface area contributed by atoms with Crippen LogP contribution in [0.4, 0.5) is 0 Å². The Morgan fingerprint density at radius 1 is 1.37 bits per heavy atom. The molecule has 19 heavy (non-hydrogen) atoms. The van der Waals surface area contributed by atoms with E-state index in [4.69, 9.17) is 10.00 Å². The molecule has 0 aromatic heterocycles. The van der Waals surface area contributed by atoms with Gasteiger partial charge in [0.2, 0.25) is 0 Å². The molecule has 104 valence electrons. The van der Waals surface area contributed by atoms with E-state index in [0.29, 0.717) is 5.92 Å². The fraction of sp³-hybridized carbons (Fsp3) is 0.438. The van der Waals surface area contributed by atoms with Gasteiger partial charge in [0.1, 0.15) is 5.75 Å². The first-order valence-corrected chi connectivity index (χ1v) is 6.51. The molecule has 3 nitrogen and oxygen atoms in total. The molecule has 1 unspecified atom stereocenters. The Morgan fingerprint density at radius 3 is 2.58 bits per heavy atom. The maximum Gasteiger partial charge on any atom is 0.119 e. The van der Waals surface area contributed by atoms with Gasteiger partial charge in [0, 0.05) is 12.8 Å². The number of benzene rings is 1. The number of hydrogen-bond acceptors (Lipinski definition) is 3. The number of rotatable bonds is 2. The van der Waals surface area contributed by atoms with Gasteiger partial charge < -0.3 is 10.5 Å². The van der Waals surface area contributed by atoms with Crippen molar-refractivity contribution < 1.29 is 4.74 Å². The first-order chi connectivity index (χ1) is 9.31. The summed E-state index contributed by atoms with van der Waals surface area (Å²) in [6, 6.07) is 10.1. The highest BCUT2D eigenvalue weighted by Crippen LogP contribution is 2.29. The molecule has 1 atom stereocenters. The molecule has 0 saturated carbocycles. The van der Waals surface area contributed by atoms with Gasteiger partial charge in [-0.3, -0.25) is 0 Å².